The first-order valence-electron chi connectivity index (χ1n) is 11.2. The van der Waals surface area contributed by atoms with Crippen molar-refractivity contribution in [3.63, 3.8) is 0 Å². The number of aliphatic hydroxyl groups is 1. The van der Waals surface area contributed by atoms with E-state index in [2.05, 4.69) is 24.9 Å². The summed E-state index contributed by atoms with van der Waals surface area (Å²) in [6.45, 7) is 6.62. The first kappa shape index (κ1) is 22.9. The van der Waals surface area contributed by atoms with Crippen LogP contribution in [0.2, 0.25) is 0 Å². The number of fused-ring (bicyclic) bond motifs is 1. The Balaban J connectivity index is 1.06. The summed E-state index contributed by atoms with van der Waals surface area (Å²) >= 11 is 1.66. The van der Waals surface area contributed by atoms with E-state index >= 15 is 0 Å². The monoisotopic (exact) mass is 483 g/mol. The lowest BCUT2D eigenvalue weighted by Crippen LogP contribution is -2.48. The van der Waals surface area contributed by atoms with Crippen LogP contribution in [0.4, 0.5) is 4.39 Å². The van der Waals surface area contributed by atoms with Crippen LogP contribution >= 0.6 is 11.3 Å². The van der Waals surface area contributed by atoms with Crippen LogP contribution in [0, 0.1) is 12.7 Å². The van der Waals surface area contributed by atoms with E-state index in [1.165, 1.54) is 12.1 Å². The molecule has 0 unspecified atom stereocenters. The Bertz CT molecular complexity index is 1250. The number of β-amino-alcohol motifs (C(OH)–C–C–N with tert-alkyl or cyclic N) is 1. The van der Waals surface area contributed by atoms with Crippen molar-refractivity contribution in [1.82, 2.24) is 24.9 Å². The summed E-state index contributed by atoms with van der Waals surface area (Å²) < 4.78 is 25.7. The van der Waals surface area contributed by atoms with Crippen LogP contribution in [0.5, 0.6) is 5.75 Å². The van der Waals surface area contributed by atoms with Gasteiger partial charge in [-0.25, -0.2) is 9.37 Å². The Morgan fingerprint density at radius 1 is 1.12 bits per heavy atom. The van der Waals surface area contributed by atoms with Crippen LogP contribution in [0.15, 0.2) is 47.0 Å². The van der Waals surface area contributed by atoms with E-state index in [1.807, 2.05) is 25.1 Å². The lowest BCUT2D eigenvalue weighted by molar-refractivity contribution is 0.0426. The van der Waals surface area contributed by atoms with Crippen molar-refractivity contribution in [2.24, 2.45) is 0 Å². The number of hydrogen-bond donors (Lipinski definition) is 1. The molecule has 1 aliphatic rings. The fourth-order valence-corrected chi connectivity index (χ4v) is 4.85. The number of aryl methyl sites for hydroxylation is 1. The predicted molar refractivity (Wildman–Crippen MR) is 127 cm³/mol. The molecule has 8 nitrogen and oxygen atoms in total. The molecule has 3 heterocycles. The summed E-state index contributed by atoms with van der Waals surface area (Å²) in [7, 11) is 0. The third-order valence-corrected chi connectivity index (χ3v) is 6.70. The summed E-state index contributed by atoms with van der Waals surface area (Å²) in [5.74, 6) is 1.29. The van der Waals surface area contributed by atoms with Gasteiger partial charge in [0.2, 0.25) is 11.7 Å². The minimum atomic E-state index is -0.579. The van der Waals surface area contributed by atoms with Crippen molar-refractivity contribution in [3.05, 3.63) is 59.2 Å². The summed E-state index contributed by atoms with van der Waals surface area (Å²) in [5, 5.41) is 15.5. The third-order valence-electron chi connectivity index (χ3n) is 5.75. The summed E-state index contributed by atoms with van der Waals surface area (Å²) in [6, 6.07) is 12.0. The average molecular weight is 484 g/mol. The molecular formula is C24H26FN5O3S. The predicted octanol–water partition coefficient (Wildman–Crippen LogP) is 3.35. The second-order valence-electron chi connectivity index (χ2n) is 8.43. The van der Waals surface area contributed by atoms with Gasteiger partial charge in [0.05, 0.1) is 21.8 Å². The summed E-state index contributed by atoms with van der Waals surface area (Å²) in [5.41, 5.74) is 1.52. The molecule has 1 aliphatic heterocycles. The van der Waals surface area contributed by atoms with E-state index < -0.39 is 6.10 Å². The van der Waals surface area contributed by atoms with Gasteiger partial charge in [-0.05, 0) is 31.2 Å². The standard InChI is InChI=1S/C24H26FN5O3S/c1-16-26-21-12-20(5-6-22(21)34-16)32-15-19(31)13-29-7-9-30(10-8-29)14-23-27-24(28-33-23)17-3-2-4-18(25)11-17/h2-6,11-12,19,31H,7-10,13-15H2,1H3/t19-/m0/s1. The highest BCUT2D eigenvalue weighted by molar-refractivity contribution is 7.18. The van der Waals surface area contributed by atoms with E-state index in [4.69, 9.17) is 9.26 Å². The Hall–Kier alpha value is -2.92. The Morgan fingerprint density at radius 2 is 1.94 bits per heavy atom. The van der Waals surface area contributed by atoms with Crippen molar-refractivity contribution >= 4 is 21.6 Å². The largest absolute Gasteiger partial charge is 0.491 e. The lowest BCUT2D eigenvalue weighted by atomic mass is 10.2. The molecule has 1 N–H and O–H groups in total. The number of hydrogen-bond acceptors (Lipinski definition) is 9. The number of piperazine rings is 1. The first-order valence-corrected chi connectivity index (χ1v) is 12.0. The van der Waals surface area contributed by atoms with Crippen LogP contribution < -0.4 is 4.74 Å². The quantitative estimate of drug-likeness (QED) is 0.408. The van der Waals surface area contributed by atoms with Crippen molar-refractivity contribution in [2.75, 3.05) is 39.3 Å². The number of aliphatic hydroxyl groups excluding tert-OH is 1. The molecule has 34 heavy (non-hydrogen) atoms. The van der Waals surface area contributed by atoms with Gasteiger partial charge >= 0.3 is 0 Å². The van der Waals surface area contributed by atoms with E-state index in [-0.39, 0.29) is 12.4 Å². The molecule has 2 aromatic heterocycles. The van der Waals surface area contributed by atoms with E-state index in [9.17, 15) is 9.50 Å². The minimum absolute atomic E-state index is 0.236. The van der Waals surface area contributed by atoms with Crippen LogP contribution in [-0.4, -0.2) is 75.5 Å². The fraction of sp³-hybridized carbons (Fsp3) is 0.375. The smallest absolute Gasteiger partial charge is 0.241 e. The number of aromatic nitrogens is 3. The number of thiazole rings is 1. The SMILES string of the molecule is Cc1nc2cc(OC[C@@H](O)CN3CCN(Cc4nc(-c5cccc(F)c5)no4)CC3)ccc2s1. The molecule has 0 radical (unpaired) electrons. The van der Waals surface area contributed by atoms with Gasteiger partial charge in [0, 0.05) is 44.4 Å². The average Bonchev–Trinajstić information content (AvgIpc) is 3.44. The van der Waals surface area contributed by atoms with Gasteiger partial charge in [-0.3, -0.25) is 9.80 Å². The van der Waals surface area contributed by atoms with Crippen LogP contribution in [0.3, 0.4) is 0 Å². The highest BCUT2D eigenvalue weighted by Gasteiger charge is 2.21. The molecule has 0 amide bonds. The molecule has 5 rings (SSSR count). The second kappa shape index (κ2) is 10.1. The molecule has 1 fully saturated rings. The molecular weight excluding hydrogens is 457 g/mol. The van der Waals surface area contributed by atoms with Gasteiger partial charge in [-0.1, -0.05) is 17.3 Å². The zero-order chi connectivity index (χ0) is 23.5. The first-order chi connectivity index (χ1) is 16.5. The van der Waals surface area contributed by atoms with Gasteiger partial charge < -0.3 is 14.4 Å². The maximum absolute atomic E-state index is 13.4. The highest BCUT2D eigenvalue weighted by atomic mass is 32.1. The van der Waals surface area contributed by atoms with Crippen LogP contribution in [0.1, 0.15) is 10.9 Å². The van der Waals surface area contributed by atoms with Crippen molar-refractivity contribution in [2.45, 2.75) is 19.6 Å². The molecule has 0 spiro atoms. The van der Waals surface area contributed by atoms with Crippen molar-refractivity contribution in [3.8, 4) is 17.1 Å². The summed E-state index contributed by atoms with van der Waals surface area (Å²) in [4.78, 5) is 13.3. The number of benzene rings is 2. The van der Waals surface area contributed by atoms with Crippen molar-refractivity contribution in [1.29, 1.82) is 0 Å². The van der Waals surface area contributed by atoms with Crippen molar-refractivity contribution < 1.29 is 18.8 Å². The summed E-state index contributed by atoms with van der Waals surface area (Å²) in [6.07, 6.45) is -0.579. The number of halogens is 1. The molecule has 1 saturated heterocycles. The Morgan fingerprint density at radius 3 is 2.76 bits per heavy atom. The molecule has 10 heteroatoms. The minimum Gasteiger partial charge on any atom is -0.491 e. The molecule has 1 atom stereocenters. The maximum atomic E-state index is 13.4. The lowest BCUT2D eigenvalue weighted by Gasteiger charge is -2.34. The van der Waals surface area contributed by atoms with E-state index in [0.29, 0.717) is 30.4 Å². The van der Waals surface area contributed by atoms with Gasteiger partial charge in [0.15, 0.2) is 0 Å². The molecule has 4 aromatic rings. The number of ether oxygens (including phenoxy) is 1. The van der Waals surface area contributed by atoms with Crippen LogP contribution in [0.25, 0.3) is 21.6 Å². The molecule has 2 aromatic carbocycles. The third kappa shape index (κ3) is 5.58. The topological polar surface area (TPSA) is 87.8 Å². The normalized spacial score (nSPS) is 16.2. The van der Waals surface area contributed by atoms with E-state index in [0.717, 1.165) is 47.2 Å². The molecule has 178 valence electrons. The fourth-order valence-electron chi connectivity index (χ4n) is 4.04. The van der Waals surface area contributed by atoms with Gasteiger partial charge in [-0.15, -0.1) is 11.3 Å². The molecule has 0 saturated carbocycles. The Labute approximate surface area is 200 Å². The number of nitrogens with zero attached hydrogens (tertiary/aromatic N) is 5. The second-order valence-corrected chi connectivity index (χ2v) is 9.66. The Kier molecular flexibility index (Phi) is 6.82. The van der Waals surface area contributed by atoms with Gasteiger partial charge in [0.25, 0.3) is 0 Å². The van der Waals surface area contributed by atoms with E-state index in [1.54, 1.807) is 23.5 Å². The van der Waals surface area contributed by atoms with Gasteiger partial charge in [-0.2, -0.15) is 4.98 Å². The number of rotatable bonds is 8. The zero-order valence-corrected chi connectivity index (χ0v) is 19.7. The highest BCUT2D eigenvalue weighted by Crippen LogP contribution is 2.25. The maximum Gasteiger partial charge on any atom is 0.241 e. The zero-order valence-electron chi connectivity index (χ0n) is 18.9. The molecule has 0 aliphatic carbocycles. The van der Waals surface area contributed by atoms with Crippen LogP contribution in [-0.2, 0) is 6.54 Å². The van der Waals surface area contributed by atoms with Gasteiger partial charge in [0.1, 0.15) is 24.3 Å². The molecule has 0 bridgehead atoms.